The van der Waals surface area contributed by atoms with Crippen LogP contribution in [0.2, 0.25) is 0 Å². The van der Waals surface area contributed by atoms with Crippen LogP contribution in [0.5, 0.6) is 0 Å². The largest absolute Gasteiger partial charge is 0.444 e. The number of aryl methyl sites for hydroxylation is 1. The van der Waals surface area contributed by atoms with Crippen molar-refractivity contribution in [2.45, 2.75) is 71.7 Å². The highest BCUT2D eigenvalue weighted by molar-refractivity contribution is 7.09. The van der Waals surface area contributed by atoms with Crippen molar-refractivity contribution < 1.29 is 9.53 Å². The molecule has 2 unspecified atom stereocenters. The number of nitrogens with one attached hydrogen (secondary N) is 1. The number of likely N-dealkylation sites (tertiary alicyclic amines) is 1. The molecule has 1 amide bonds. The van der Waals surface area contributed by atoms with E-state index in [1.165, 1.54) is 4.88 Å². The fraction of sp³-hybridized carbons (Fsp3) is 0.750. The highest BCUT2D eigenvalue weighted by Gasteiger charge is 2.31. The summed E-state index contributed by atoms with van der Waals surface area (Å²) >= 11 is 1.69. The fourth-order valence-corrected chi connectivity index (χ4v) is 3.41. The summed E-state index contributed by atoms with van der Waals surface area (Å²) in [6.07, 6.45) is 1.72. The molecule has 0 radical (unpaired) electrons. The minimum Gasteiger partial charge on any atom is -0.444 e. The van der Waals surface area contributed by atoms with Gasteiger partial charge in [0.2, 0.25) is 0 Å². The van der Waals surface area contributed by atoms with Crippen LogP contribution in [0, 0.1) is 6.92 Å². The number of piperidine rings is 1. The maximum atomic E-state index is 12.2. The molecule has 124 valence electrons. The molecule has 1 aromatic rings. The molecule has 2 rings (SSSR count). The number of thiazole rings is 1. The highest BCUT2D eigenvalue weighted by Crippen LogP contribution is 2.21. The van der Waals surface area contributed by atoms with Gasteiger partial charge in [0.05, 0.1) is 11.2 Å². The van der Waals surface area contributed by atoms with Gasteiger partial charge in [-0.1, -0.05) is 0 Å². The molecule has 1 aliphatic heterocycles. The minimum absolute atomic E-state index is 0.197. The third kappa shape index (κ3) is 4.68. The van der Waals surface area contributed by atoms with E-state index in [-0.39, 0.29) is 12.1 Å². The van der Waals surface area contributed by atoms with Gasteiger partial charge in [-0.05, 0) is 47.5 Å². The molecular weight excluding hydrogens is 298 g/mol. The second kappa shape index (κ2) is 6.96. The van der Waals surface area contributed by atoms with Crippen LogP contribution in [0.4, 0.5) is 4.79 Å². The topological polar surface area (TPSA) is 54.5 Å². The number of carbonyl (C=O) groups is 1. The summed E-state index contributed by atoms with van der Waals surface area (Å²) in [5, 5.41) is 3.59. The molecule has 6 heteroatoms. The molecule has 0 bridgehead atoms. The zero-order chi connectivity index (χ0) is 16.3. The number of rotatable bonds is 3. The minimum atomic E-state index is -0.435. The van der Waals surface area contributed by atoms with Crippen LogP contribution < -0.4 is 5.32 Å². The lowest BCUT2D eigenvalue weighted by Gasteiger charge is -2.38. The van der Waals surface area contributed by atoms with Gasteiger partial charge in [0.15, 0.2) is 0 Å². The zero-order valence-electron chi connectivity index (χ0n) is 14.2. The van der Waals surface area contributed by atoms with Gasteiger partial charge < -0.3 is 15.0 Å². The Labute approximate surface area is 137 Å². The Hall–Kier alpha value is -1.14. The number of nitrogens with zero attached hydrogens (tertiary/aromatic N) is 2. The Kier molecular flexibility index (Phi) is 5.45. The summed E-state index contributed by atoms with van der Waals surface area (Å²) in [5.74, 6) is 0. The zero-order valence-corrected chi connectivity index (χ0v) is 15.0. The predicted octanol–water partition coefficient (Wildman–Crippen LogP) is 3.33. The number of carbonyl (C=O) groups excluding carboxylic acids is 1. The second-order valence-corrected chi connectivity index (χ2v) is 7.93. The van der Waals surface area contributed by atoms with E-state index in [1.807, 2.05) is 38.1 Å². The molecule has 2 atom stereocenters. The lowest BCUT2D eigenvalue weighted by atomic mass is 9.98. The lowest BCUT2D eigenvalue weighted by molar-refractivity contribution is 0.00933. The maximum Gasteiger partial charge on any atom is 0.410 e. The molecule has 1 aliphatic rings. The Morgan fingerprint density at radius 3 is 2.82 bits per heavy atom. The number of ether oxygens (including phenoxy) is 1. The monoisotopic (exact) mass is 325 g/mol. The summed E-state index contributed by atoms with van der Waals surface area (Å²) in [6, 6.07) is 0.638. The van der Waals surface area contributed by atoms with Crippen molar-refractivity contribution in [3.63, 3.8) is 0 Å². The Balaban J connectivity index is 1.82. The first-order valence-corrected chi connectivity index (χ1v) is 8.76. The summed E-state index contributed by atoms with van der Waals surface area (Å²) < 4.78 is 5.48. The summed E-state index contributed by atoms with van der Waals surface area (Å²) in [5.41, 5.74) is 2.56. The Morgan fingerprint density at radius 2 is 2.27 bits per heavy atom. The maximum absolute atomic E-state index is 12.2. The first kappa shape index (κ1) is 17.2. The van der Waals surface area contributed by atoms with Crippen molar-refractivity contribution in [3.8, 4) is 0 Å². The molecule has 0 aliphatic carbocycles. The average molecular weight is 325 g/mol. The van der Waals surface area contributed by atoms with Gasteiger partial charge in [0.1, 0.15) is 5.60 Å². The van der Waals surface area contributed by atoms with Crippen molar-refractivity contribution >= 4 is 17.4 Å². The molecule has 0 aromatic carbocycles. The molecule has 1 fully saturated rings. The van der Waals surface area contributed by atoms with Crippen LogP contribution in [-0.4, -0.2) is 40.2 Å². The van der Waals surface area contributed by atoms with Crippen LogP contribution in [0.15, 0.2) is 5.51 Å². The normalized spacial score (nSPS) is 22.7. The Morgan fingerprint density at radius 1 is 1.55 bits per heavy atom. The van der Waals surface area contributed by atoms with Crippen molar-refractivity contribution in [1.82, 2.24) is 15.2 Å². The quantitative estimate of drug-likeness (QED) is 0.926. The highest BCUT2D eigenvalue weighted by atomic mass is 32.1. The van der Waals surface area contributed by atoms with E-state index in [9.17, 15) is 4.79 Å². The smallest absolute Gasteiger partial charge is 0.410 e. The van der Waals surface area contributed by atoms with Gasteiger partial charge in [0, 0.05) is 30.1 Å². The van der Waals surface area contributed by atoms with Gasteiger partial charge in [0.25, 0.3) is 0 Å². The van der Waals surface area contributed by atoms with Gasteiger partial charge >= 0.3 is 6.09 Å². The Bertz CT molecular complexity index is 510. The van der Waals surface area contributed by atoms with Crippen LogP contribution in [0.25, 0.3) is 0 Å². The third-order valence-corrected chi connectivity index (χ3v) is 4.84. The van der Waals surface area contributed by atoms with Crippen LogP contribution in [0.1, 0.15) is 51.1 Å². The molecule has 0 saturated carbocycles. The number of hydrogen-bond donors (Lipinski definition) is 1. The first-order chi connectivity index (χ1) is 10.3. The standard InChI is InChI=1S/C16H27N3O2S/c1-11-8-13(17-9-14-12(2)18-10-22-14)6-7-19(11)15(20)21-16(3,4)5/h10-11,13,17H,6-9H2,1-5H3. The lowest BCUT2D eigenvalue weighted by Crippen LogP contribution is -2.50. The molecule has 5 nitrogen and oxygen atoms in total. The number of aromatic nitrogens is 1. The van der Waals surface area contributed by atoms with Gasteiger partial charge in [-0.2, -0.15) is 0 Å². The summed E-state index contributed by atoms with van der Waals surface area (Å²) in [7, 11) is 0. The van der Waals surface area contributed by atoms with Gasteiger partial charge in [-0.25, -0.2) is 9.78 Å². The second-order valence-electron chi connectivity index (χ2n) is 6.99. The van der Waals surface area contributed by atoms with E-state index in [2.05, 4.69) is 17.2 Å². The average Bonchev–Trinajstić information content (AvgIpc) is 2.80. The summed E-state index contributed by atoms with van der Waals surface area (Å²) in [4.78, 5) is 19.6. The fourth-order valence-electron chi connectivity index (χ4n) is 2.68. The first-order valence-electron chi connectivity index (χ1n) is 7.88. The van der Waals surface area contributed by atoms with E-state index in [1.54, 1.807) is 11.3 Å². The van der Waals surface area contributed by atoms with E-state index < -0.39 is 5.60 Å². The molecule has 1 N–H and O–H groups in total. The van der Waals surface area contributed by atoms with Crippen molar-refractivity contribution in [3.05, 3.63) is 16.1 Å². The van der Waals surface area contributed by atoms with E-state index >= 15 is 0 Å². The molecule has 22 heavy (non-hydrogen) atoms. The van der Waals surface area contributed by atoms with Crippen molar-refractivity contribution in [2.24, 2.45) is 0 Å². The van der Waals surface area contributed by atoms with E-state index in [4.69, 9.17) is 4.74 Å². The van der Waals surface area contributed by atoms with Crippen LogP contribution in [-0.2, 0) is 11.3 Å². The molecule has 0 spiro atoms. The van der Waals surface area contributed by atoms with E-state index in [0.717, 1.165) is 31.6 Å². The van der Waals surface area contributed by atoms with Gasteiger partial charge in [-0.3, -0.25) is 0 Å². The molecule has 1 aromatic heterocycles. The van der Waals surface area contributed by atoms with Gasteiger partial charge in [-0.15, -0.1) is 11.3 Å². The molecule has 2 heterocycles. The number of amides is 1. The SMILES string of the molecule is Cc1ncsc1CNC1CCN(C(=O)OC(C)(C)C)C(C)C1. The predicted molar refractivity (Wildman–Crippen MR) is 89.1 cm³/mol. The summed E-state index contributed by atoms with van der Waals surface area (Å²) in [6.45, 7) is 11.5. The van der Waals surface area contributed by atoms with Crippen LogP contribution >= 0.6 is 11.3 Å². The van der Waals surface area contributed by atoms with Crippen molar-refractivity contribution in [2.75, 3.05) is 6.54 Å². The van der Waals surface area contributed by atoms with E-state index in [0.29, 0.717) is 6.04 Å². The van der Waals surface area contributed by atoms with Crippen molar-refractivity contribution in [1.29, 1.82) is 0 Å². The van der Waals surface area contributed by atoms with Crippen LogP contribution in [0.3, 0.4) is 0 Å². The molecule has 1 saturated heterocycles. The third-order valence-electron chi connectivity index (χ3n) is 3.90. The molecular formula is C16H27N3O2S. The number of hydrogen-bond acceptors (Lipinski definition) is 5.